The van der Waals surface area contributed by atoms with Crippen molar-refractivity contribution < 1.29 is 4.79 Å². The molecule has 1 aromatic carbocycles. The van der Waals surface area contributed by atoms with E-state index in [2.05, 4.69) is 46.1 Å². The molecule has 0 spiro atoms. The van der Waals surface area contributed by atoms with Crippen LogP contribution in [0.3, 0.4) is 0 Å². The molecule has 21 heavy (non-hydrogen) atoms. The van der Waals surface area contributed by atoms with Gasteiger partial charge in [-0.15, -0.1) is 0 Å². The first-order valence-electron chi connectivity index (χ1n) is 7.11. The van der Waals surface area contributed by atoms with Crippen LogP contribution in [0.1, 0.15) is 16.1 Å². The molecule has 0 atom stereocenters. The standard InChI is InChI=1S/C16H18N4O/c1-13-3-2-4-14(11-13)19-7-9-20(10-8-19)16(21)15-5-6-17-12-18-15/h2-6,11-12H,7-10H2,1H3. The van der Waals surface area contributed by atoms with Gasteiger partial charge < -0.3 is 9.80 Å². The number of piperazine rings is 1. The molecule has 2 aromatic rings. The van der Waals surface area contributed by atoms with Gasteiger partial charge in [0.25, 0.3) is 5.91 Å². The van der Waals surface area contributed by atoms with Crippen LogP contribution in [-0.4, -0.2) is 47.0 Å². The zero-order chi connectivity index (χ0) is 14.7. The fourth-order valence-corrected chi connectivity index (χ4v) is 2.57. The van der Waals surface area contributed by atoms with Crippen molar-refractivity contribution in [1.82, 2.24) is 14.9 Å². The highest BCUT2D eigenvalue weighted by molar-refractivity contribution is 5.92. The number of aryl methyl sites for hydroxylation is 1. The third-order valence-electron chi connectivity index (χ3n) is 3.73. The molecule has 5 heteroatoms. The van der Waals surface area contributed by atoms with E-state index in [9.17, 15) is 4.79 Å². The molecule has 0 saturated carbocycles. The minimum atomic E-state index is -0.0127. The van der Waals surface area contributed by atoms with Crippen LogP contribution in [-0.2, 0) is 0 Å². The van der Waals surface area contributed by atoms with Crippen molar-refractivity contribution in [2.75, 3.05) is 31.1 Å². The van der Waals surface area contributed by atoms with Gasteiger partial charge in [0, 0.05) is 38.1 Å². The minimum absolute atomic E-state index is 0.0127. The van der Waals surface area contributed by atoms with Gasteiger partial charge in [-0.25, -0.2) is 9.97 Å². The molecule has 1 aliphatic rings. The number of anilines is 1. The van der Waals surface area contributed by atoms with Crippen molar-refractivity contribution in [2.24, 2.45) is 0 Å². The molecule has 5 nitrogen and oxygen atoms in total. The highest BCUT2D eigenvalue weighted by Gasteiger charge is 2.22. The van der Waals surface area contributed by atoms with Gasteiger partial charge in [-0.2, -0.15) is 0 Å². The number of aromatic nitrogens is 2. The first-order chi connectivity index (χ1) is 10.2. The molecular formula is C16H18N4O. The van der Waals surface area contributed by atoms with Crippen LogP contribution >= 0.6 is 0 Å². The molecule has 0 radical (unpaired) electrons. The van der Waals surface area contributed by atoms with Crippen LogP contribution in [0, 0.1) is 6.92 Å². The number of hydrogen-bond acceptors (Lipinski definition) is 4. The topological polar surface area (TPSA) is 49.3 Å². The van der Waals surface area contributed by atoms with E-state index in [1.54, 1.807) is 12.3 Å². The first kappa shape index (κ1) is 13.5. The number of benzene rings is 1. The number of nitrogens with zero attached hydrogens (tertiary/aromatic N) is 4. The van der Waals surface area contributed by atoms with Crippen LogP contribution in [0.15, 0.2) is 42.9 Å². The Kier molecular flexibility index (Phi) is 3.81. The summed E-state index contributed by atoms with van der Waals surface area (Å²) in [5.74, 6) is -0.0127. The predicted molar refractivity (Wildman–Crippen MR) is 81.3 cm³/mol. The molecule has 108 valence electrons. The van der Waals surface area contributed by atoms with Crippen molar-refractivity contribution in [3.8, 4) is 0 Å². The molecule has 3 rings (SSSR count). The number of hydrogen-bond donors (Lipinski definition) is 0. The fraction of sp³-hybridized carbons (Fsp3) is 0.312. The second kappa shape index (κ2) is 5.91. The Hall–Kier alpha value is -2.43. The zero-order valence-corrected chi connectivity index (χ0v) is 12.1. The zero-order valence-electron chi connectivity index (χ0n) is 12.1. The molecule has 0 aliphatic carbocycles. The van der Waals surface area contributed by atoms with Gasteiger partial charge in [-0.1, -0.05) is 12.1 Å². The smallest absolute Gasteiger partial charge is 0.272 e. The maximum atomic E-state index is 12.3. The van der Waals surface area contributed by atoms with Crippen LogP contribution in [0.5, 0.6) is 0 Å². The molecule has 1 aromatic heterocycles. The van der Waals surface area contributed by atoms with Crippen molar-refractivity contribution in [3.05, 3.63) is 54.1 Å². The summed E-state index contributed by atoms with van der Waals surface area (Å²) < 4.78 is 0. The Labute approximate surface area is 124 Å². The molecule has 2 heterocycles. The van der Waals surface area contributed by atoms with Crippen molar-refractivity contribution in [2.45, 2.75) is 6.92 Å². The van der Waals surface area contributed by atoms with Gasteiger partial charge in [-0.05, 0) is 30.7 Å². The molecule has 0 unspecified atom stereocenters. The average molecular weight is 282 g/mol. The summed E-state index contributed by atoms with van der Waals surface area (Å²) in [6.45, 7) is 5.23. The molecule has 1 saturated heterocycles. The first-order valence-corrected chi connectivity index (χ1v) is 7.11. The van der Waals surface area contributed by atoms with E-state index in [-0.39, 0.29) is 5.91 Å². The van der Waals surface area contributed by atoms with E-state index < -0.39 is 0 Å². The minimum Gasteiger partial charge on any atom is -0.368 e. The summed E-state index contributed by atoms with van der Waals surface area (Å²) in [6, 6.07) is 10.1. The Morgan fingerprint density at radius 3 is 2.62 bits per heavy atom. The molecule has 1 aliphatic heterocycles. The molecular weight excluding hydrogens is 264 g/mol. The number of rotatable bonds is 2. The van der Waals surface area contributed by atoms with Gasteiger partial charge in [0.2, 0.25) is 0 Å². The van der Waals surface area contributed by atoms with Crippen molar-refractivity contribution >= 4 is 11.6 Å². The van der Waals surface area contributed by atoms with E-state index >= 15 is 0 Å². The lowest BCUT2D eigenvalue weighted by Gasteiger charge is -2.36. The van der Waals surface area contributed by atoms with Gasteiger partial charge in [0.05, 0.1) is 0 Å². The summed E-state index contributed by atoms with van der Waals surface area (Å²) in [4.78, 5) is 24.4. The third kappa shape index (κ3) is 3.02. The summed E-state index contributed by atoms with van der Waals surface area (Å²) in [5.41, 5.74) is 2.95. The van der Waals surface area contributed by atoms with Crippen LogP contribution in [0.4, 0.5) is 5.69 Å². The number of carbonyl (C=O) groups is 1. The van der Waals surface area contributed by atoms with Crippen LogP contribution < -0.4 is 4.90 Å². The quantitative estimate of drug-likeness (QED) is 0.842. The lowest BCUT2D eigenvalue weighted by atomic mass is 10.2. The van der Waals surface area contributed by atoms with Gasteiger partial charge in [0.15, 0.2) is 0 Å². The Balaban J connectivity index is 1.64. The Morgan fingerprint density at radius 1 is 1.14 bits per heavy atom. The van der Waals surface area contributed by atoms with Crippen LogP contribution in [0.25, 0.3) is 0 Å². The normalized spacial score (nSPS) is 15.1. The average Bonchev–Trinajstić information content (AvgIpc) is 2.55. The van der Waals surface area contributed by atoms with Gasteiger partial charge in [0.1, 0.15) is 12.0 Å². The SMILES string of the molecule is Cc1cccc(N2CCN(C(=O)c3ccncn3)CC2)c1. The number of carbonyl (C=O) groups excluding carboxylic acids is 1. The van der Waals surface area contributed by atoms with Crippen molar-refractivity contribution in [1.29, 1.82) is 0 Å². The highest BCUT2D eigenvalue weighted by atomic mass is 16.2. The third-order valence-corrected chi connectivity index (χ3v) is 3.73. The molecule has 0 bridgehead atoms. The van der Waals surface area contributed by atoms with E-state index in [0.717, 1.165) is 26.2 Å². The van der Waals surface area contributed by atoms with Crippen molar-refractivity contribution in [3.63, 3.8) is 0 Å². The monoisotopic (exact) mass is 282 g/mol. The van der Waals surface area contributed by atoms with Crippen LogP contribution in [0.2, 0.25) is 0 Å². The fourth-order valence-electron chi connectivity index (χ4n) is 2.57. The van der Waals surface area contributed by atoms with Gasteiger partial charge >= 0.3 is 0 Å². The molecule has 1 amide bonds. The summed E-state index contributed by atoms with van der Waals surface area (Å²) in [5, 5.41) is 0. The second-order valence-corrected chi connectivity index (χ2v) is 5.21. The summed E-state index contributed by atoms with van der Waals surface area (Å²) in [7, 11) is 0. The molecule has 1 fully saturated rings. The Bertz CT molecular complexity index is 621. The largest absolute Gasteiger partial charge is 0.368 e. The number of amides is 1. The lowest BCUT2D eigenvalue weighted by molar-refractivity contribution is 0.0740. The lowest BCUT2D eigenvalue weighted by Crippen LogP contribution is -2.49. The van der Waals surface area contributed by atoms with E-state index in [4.69, 9.17) is 0 Å². The maximum absolute atomic E-state index is 12.3. The maximum Gasteiger partial charge on any atom is 0.272 e. The summed E-state index contributed by atoms with van der Waals surface area (Å²) in [6.07, 6.45) is 3.01. The van der Waals surface area contributed by atoms with E-state index in [1.165, 1.54) is 17.6 Å². The second-order valence-electron chi connectivity index (χ2n) is 5.21. The Morgan fingerprint density at radius 2 is 1.95 bits per heavy atom. The van der Waals surface area contributed by atoms with Gasteiger partial charge in [-0.3, -0.25) is 4.79 Å². The van der Waals surface area contributed by atoms with E-state index in [1.807, 2.05) is 4.90 Å². The predicted octanol–water partition coefficient (Wildman–Crippen LogP) is 1.75. The molecule has 0 N–H and O–H groups in total. The highest BCUT2D eigenvalue weighted by Crippen LogP contribution is 2.18. The summed E-state index contributed by atoms with van der Waals surface area (Å²) >= 11 is 0. The van der Waals surface area contributed by atoms with E-state index in [0.29, 0.717) is 5.69 Å².